The Bertz CT molecular complexity index is 2570. The van der Waals surface area contributed by atoms with Gasteiger partial charge in [0.1, 0.15) is 0 Å². The monoisotopic (exact) mass is 585 g/mol. The van der Waals surface area contributed by atoms with Crippen LogP contribution in [0.5, 0.6) is 0 Å². The molecule has 0 spiro atoms. The Morgan fingerprint density at radius 3 is 1.52 bits per heavy atom. The van der Waals surface area contributed by atoms with Gasteiger partial charge in [0.25, 0.3) is 0 Å². The van der Waals surface area contributed by atoms with Crippen molar-refractivity contribution in [2.45, 2.75) is 0 Å². The number of hydrogen-bond donors (Lipinski definition) is 0. The molecule has 0 bridgehead atoms. The van der Waals surface area contributed by atoms with Crippen LogP contribution < -0.4 is 0 Å². The molecule has 1 aromatic heterocycles. The van der Waals surface area contributed by atoms with Crippen LogP contribution in [0.3, 0.4) is 0 Å². The van der Waals surface area contributed by atoms with E-state index in [9.17, 15) is 0 Å². The largest absolute Gasteiger partial charge is 0.208 e. The molecule has 0 saturated carbocycles. The lowest BCUT2D eigenvalue weighted by molar-refractivity contribution is 1.07. The molecule has 3 heteroatoms. The van der Waals surface area contributed by atoms with Gasteiger partial charge in [0.2, 0.25) is 0 Å². The molecule has 0 unspecified atom stereocenters. The lowest BCUT2D eigenvalue weighted by Gasteiger charge is -2.11. The highest BCUT2D eigenvalue weighted by Gasteiger charge is 2.14. The van der Waals surface area contributed by atoms with Crippen LogP contribution in [0.1, 0.15) is 0 Å². The Hall–Kier alpha value is -6.19. The minimum Gasteiger partial charge on any atom is -0.208 e. The number of rotatable bonds is 4. The summed E-state index contributed by atoms with van der Waals surface area (Å²) in [5, 5.41) is 9.87. The molecule has 8 aromatic carbocycles. The van der Waals surface area contributed by atoms with Crippen molar-refractivity contribution < 1.29 is 0 Å². The summed E-state index contributed by atoms with van der Waals surface area (Å²) in [6.07, 6.45) is 0. The highest BCUT2D eigenvalue weighted by molar-refractivity contribution is 6.20. The van der Waals surface area contributed by atoms with E-state index in [-0.39, 0.29) is 0 Å². The zero-order valence-electron chi connectivity index (χ0n) is 24.9. The van der Waals surface area contributed by atoms with Gasteiger partial charge in [-0.2, -0.15) is 0 Å². The summed E-state index contributed by atoms with van der Waals surface area (Å²) >= 11 is 0. The fourth-order valence-corrected chi connectivity index (χ4v) is 6.51. The summed E-state index contributed by atoms with van der Waals surface area (Å²) in [7, 11) is 0. The van der Waals surface area contributed by atoms with Crippen LogP contribution in [-0.4, -0.2) is 15.0 Å². The van der Waals surface area contributed by atoms with Crippen molar-refractivity contribution in [2.75, 3.05) is 0 Å². The van der Waals surface area contributed by atoms with E-state index in [0.717, 1.165) is 27.6 Å². The van der Waals surface area contributed by atoms with Crippen LogP contribution in [0, 0.1) is 0 Å². The van der Waals surface area contributed by atoms with Gasteiger partial charge in [0.15, 0.2) is 17.5 Å². The van der Waals surface area contributed by atoms with Crippen molar-refractivity contribution in [2.24, 2.45) is 0 Å². The van der Waals surface area contributed by atoms with Gasteiger partial charge in [-0.25, -0.2) is 15.0 Å². The third kappa shape index (κ3) is 4.58. The Labute approximate surface area is 266 Å². The predicted octanol–water partition coefficient (Wildman–Crippen LogP) is 11.2. The van der Waals surface area contributed by atoms with Crippen molar-refractivity contribution >= 4 is 43.1 Å². The Kier molecular flexibility index (Phi) is 6.14. The van der Waals surface area contributed by atoms with Crippen molar-refractivity contribution in [3.05, 3.63) is 164 Å². The maximum Gasteiger partial charge on any atom is 0.164 e. The van der Waals surface area contributed by atoms with Gasteiger partial charge >= 0.3 is 0 Å². The summed E-state index contributed by atoms with van der Waals surface area (Å²) in [6, 6.07) is 57.6. The molecule has 0 aliphatic heterocycles. The van der Waals surface area contributed by atoms with Gasteiger partial charge in [-0.1, -0.05) is 152 Å². The SMILES string of the molecule is c1ccc(-c2nc(-c3ccc(-c4ccc5ccccc5c4)cc3)nc(-c3ccc4c(ccc5ccc6ccccc6c54)c3)n2)cc1. The highest BCUT2D eigenvalue weighted by Crippen LogP contribution is 2.35. The summed E-state index contributed by atoms with van der Waals surface area (Å²) in [4.78, 5) is 15.0. The lowest BCUT2D eigenvalue weighted by Crippen LogP contribution is -2.00. The molecule has 9 rings (SSSR count). The second kappa shape index (κ2) is 10.8. The van der Waals surface area contributed by atoms with Crippen molar-refractivity contribution in [3.63, 3.8) is 0 Å². The second-order valence-electron chi connectivity index (χ2n) is 11.7. The molecule has 3 nitrogen and oxygen atoms in total. The van der Waals surface area contributed by atoms with Gasteiger partial charge in [-0.15, -0.1) is 0 Å². The smallest absolute Gasteiger partial charge is 0.164 e. The average molecular weight is 586 g/mol. The fraction of sp³-hybridized carbons (Fsp3) is 0. The predicted molar refractivity (Wildman–Crippen MR) is 192 cm³/mol. The second-order valence-corrected chi connectivity index (χ2v) is 11.7. The Morgan fingerprint density at radius 2 is 0.739 bits per heavy atom. The highest BCUT2D eigenvalue weighted by atomic mass is 15.0. The number of hydrogen-bond acceptors (Lipinski definition) is 3. The molecular weight excluding hydrogens is 558 g/mol. The fourth-order valence-electron chi connectivity index (χ4n) is 6.51. The van der Waals surface area contributed by atoms with Gasteiger partial charge in [0.05, 0.1) is 0 Å². The van der Waals surface area contributed by atoms with Crippen LogP contribution >= 0.6 is 0 Å². The minimum absolute atomic E-state index is 0.651. The molecule has 0 N–H and O–H groups in total. The molecule has 0 fully saturated rings. The average Bonchev–Trinajstić information content (AvgIpc) is 3.14. The number of benzene rings is 8. The molecule has 214 valence electrons. The zero-order chi connectivity index (χ0) is 30.5. The van der Waals surface area contributed by atoms with E-state index >= 15 is 0 Å². The van der Waals surface area contributed by atoms with Crippen LogP contribution in [0.15, 0.2) is 164 Å². The van der Waals surface area contributed by atoms with E-state index in [4.69, 9.17) is 15.0 Å². The van der Waals surface area contributed by atoms with Crippen LogP contribution in [0.2, 0.25) is 0 Å². The quantitative estimate of drug-likeness (QED) is 0.193. The molecule has 9 aromatic rings. The molecule has 46 heavy (non-hydrogen) atoms. The van der Waals surface area contributed by atoms with Crippen molar-refractivity contribution in [3.8, 4) is 45.3 Å². The topological polar surface area (TPSA) is 38.7 Å². The zero-order valence-corrected chi connectivity index (χ0v) is 24.9. The van der Waals surface area contributed by atoms with Crippen molar-refractivity contribution in [1.82, 2.24) is 15.0 Å². The lowest BCUT2D eigenvalue weighted by atomic mass is 9.95. The van der Waals surface area contributed by atoms with E-state index in [1.165, 1.54) is 43.3 Å². The van der Waals surface area contributed by atoms with Gasteiger partial charge in [-0.05, 0) is 66.3 Å². The van der Waals surface area contributed by atoms with Gasteiger partial charge in [-0.3, -0.25) is 0 Å². The van der Waals surface area contributed by atoms with E-state index in [0.29, 0.717) is 17.5 Å². The Morgan fingerprint density at radius 1 is 0.261 bits per heavy atom. The first-order valence-electron chi connectivity index (χ1n) is 15.5. The normalized spacial score (nSPS) is 11.5. The molecular formula is C43H27N3. The molecule has 0 atom stereocenters. The van der Waals surface area contributed by atoms with E-state index in [1.54, 1.807) is 0 Å². The first-order chi connectivity index (χ1) is 22.8. The molecule has 0 amide bonds. The summed E-state index contributed by atoms with van der Waals surface area (Å²) < 4.78 is 0. The van der Waals surface area contributed by atoms with E-state index in [1.807, 2.05) is 30.3 Å². The van der Waals surface area contributed by atoms with E-state index < -0.39 is 0 Å². The maximum atomic E-state index is 5.04. The number of aromatic nitrogens is 3. The minimum atomic E-state index is 0.651. The molecule has 0 aliphatic carbocycles. The molecule has 1 heterocycles. The van der Waals surface area contributed by atoms with Gasteiger partial charge in [0, 0.05) is 16.7 Å². The van der Waals surface area contributed by atoms with Crippen LogP contribution in [0.4, 0.5) is 0 Å². The number of nitrogens with zero attached hydrogens (tertiary/aromatic N) is 3. The molecule has 0 radical (unpaired) electrons. The van der Waals surface area contributed by atoms with E-state index in [2.05, 4.69) is 133 Å². The first-order valence-corrected chi connectivity index (χ1v) is 15.5. The number of fused-ring (bicyclic) bond motifs is 6. The third-order valence-electron chi connectivity index (χ3n) is 8.88. The molecule has 0 saturated heterocycles. The summed E-state index contributed by atoms with van der Waals surface area (Å²) in [5.74, 6) is 1.96. The third-order valence-corrected chi connectivity index (χ3v) is 8.88. The van der Waals surface area contributed by atoms with Crippen molar-refractivity contribution in [1.29, 1.82) is 0 Å². The summed E-state index contributed by atoms with van der Waals surface area (Å²) in [6.45, 7) is 0. The maximum absolute atomic E-state index is 5.04. The first kappa shape index (κ1) is 26.2. The Balaban J connectivity index is 1.16. The summed E-state index contributed by atoms with van der Waals surface area (Å²) in [5.41, 5.74) is 5.20. The standard InChI is InChI=1S/C43H27N3/c1-2-10-32(11-3-1)41-44-42(33-20-14-29(15-21-33)35-22-16-28-8-4-5-12-34(28)26-35)46-43(45-41)37-24-25-39-36(27-37)23-19-31-18-17-30-9-6-7-13-38(30)40(31)39/h1-27H. The molecule has 0 aliphatic rings. The van der Waals surface area contributed by atoms with Gasteiger partial charge < -0.3 is 0 Å². The van der Waals surface area contributed by atoms with Crippen LogP contribution in [-0.2, 0) is 0 Å². The van der Waals surface area contributed by atoms with Crippen LogP contribution in [0.25, 0.3) is 88.4 Å².